The molecule has 1 saturated carbocycles. The molecule has 0 spiro atoms. The first-order valence-electron chi connectivity index (χ1n) is 10.0. The summed E-state index contributed by atoms with van der Waals surface area (Å²) in [6.07, 6.45) is 5.50. The standard InChI is InChI=1S/C23H29NO3/c1-2-24(20-13-7-4-8-14-20)17-18-26-23(25)27-22-16-10-9-15-21(22)19-11-5-3-6-12-19/h4,7-10,13-16,19H,2-3,5-6,11-12,17-18H2,1H3. The van der Waals surface area contributed by atoms with E-state index in [4.69, 9.17) is 9.47 Å². The van der Waals surface area contributed by atoms with Crippen molar-refractivity contribution < 1.29 is 14.3 Å². The summed E-state index contributed by atoms with van der Waals surface area (Å²) in [5.41, 5.74) is 2.26. The molecule has 0 heterocycles. The van der Waals surface area contributed by atoms with Gasteiger partial charge in [0.25, 0.3) is 0 Å². The Balaban J connectivity index is 1.52. The normalized spacial score (nSPS) is 14.6. The Kier molecular flexibility index (Phi) is 7.14. The number of ether oxygens (including phenoxy) is 2. The third-order valence-electron chi connectivity index (χ3n) is 5.24. The molecule has 0 aliphatic heterocycles. The third-order valence-corrected chi connectivity index (χ3v) is 5.24. The molecule has 4 nitrogen and oxygen atoms in total. The minimum Gasteiger partial charge on any atom is -0.432 e. The Labute approximate surface area is 162 Å². The average molecular weight is 367 g/mol. The van der Waals surface area contributed by atoms with Crippen molar-refractivity contribution in [3.63, 3.8) is 0 Å². The van der Waals surface area contributed by atoms with Gasteiger partial charge in [0.1, 0.15) is 12.4 Å². The lowest BCUT2D eigenvalue weighted by Crippen LogP contribution is -2.28. The monoisotopic (exact) mass is 367 g/mol. The van der Waals surface area contributed by atoms with Gasteiger partial charge >= 0.3 is 6.16 Å². The van der Waals surface area contributed by atoms with Crippen LogP contribution in [0.2, 0.25) is 0 Å². The van der Waals surface area contributed by atoms with E-state index in [0.717, 1.165) is 30.6 Å². The van der Waals surface area contributed by atoms with Crippen LogP contribution < -0.4 is 9.64 Å². The summed E-state index contributed by atoms with van der Waals surface area (Å²) >= 11 is 0. The van der Waals surface area contributed by atoms with Gasteiger partial charge in [-0.05, 0) is 49.4 Å². The SMILES string of the molecule is CCN(CCOC(=O)Oc1ccccc1C1CCCCC1)c1ccccc1. The topological polar surface area (TPSA) is 38.8 Å². The van der Waals surface area contributed by atoms with Gasteiger partial charge in [-0.1, -0.05) is 55.7 Å². The fraction of sp³-hybridized carbons (Fsp3) is 0.435. The molecule has 1 aliphatic carbocycles. The van der Waals surface area contributed by atoms with E-state index in [1.54, 1.807) is 0 Å². The number of rotatable bonds is 7. The third kappa shape index (κ3) is 5.49. The number of anilines is 1. The molecule has 0 aromatic heterocycles. The molecule has 0 atom stereocenters. The lowest BCUT2D eigenvalue weighted by molar-refractivity contribution is 0.101. The van der Waals surface area contributed by atoms with Crippen LogP contribution in [0.15, 0.2) is 54.6 Å². The molecule has 0 radical (unpaired) electrons. The maximum atomic E-state index is 12.2. The van der Waals surface area contributed by atoms with E-state index in [-0.39, 0.29) is 0 Å². The quantitative estimate of drug-likeness (QED) is 0.459. The first-order chi connectivity index (χ1) is 13.3. The van der Waals surface area contributed by atoms with Crippen LogP contribution in [0, 0.1) is 0 Å². The highest BCUT2D eigenvalue weighted by Crippen LogP contribution is 2.37. The van der Waals surface area contributed by atoms with Gasteiger partial charge in [0.15, 0.2) is 0 Å². The first kappa shape index (κ1) is 19.3. The van der Waals surface area contributed by atoms with Crippen molar-refractivity contribution in [2.75, 3.05) is 24.6 Å². The first-order valence-corrected chi connectivity index (χ1v) is 10.0. The lowest BCUT2D eigenvalue weighted by atomic mass is 9.84. The zero-order chi connectivity index (χ0) is 18.9. The maximum Gasteiger partial charge on any atom is 0.513 e. The Hall–Kier alpha value is -2.49. The second-order valence-corrected chi connectivity index (χ2v) is 6.99. The van der Waals surface area contributed by atoms with Gasteiger partial charge in [-0.15, -0.1) is 0 Å². The number of nitrogens with zero attached hydrogens (tertiary/aromatic N) is 1. The number of hydrogen-bond acceptors (Lipinski definition) is 4. The number of benzene rings is 2. The van der Waals surface area contributed by atoms with Gasteiger partial charge in [0.2, 0.25) is 0 Å². The van der Waals surface area contributed by atoms with Crippen LogP contribution in [-0.2, 0) is 4.74 Å². The largest absolute Gasteiger partial charge is 0.513 e. The highest BCUT2D eigenvalue weighted by molar-refractivity contribution is 5.64. The van der Waals surface area contributed by atoms with Gasteiger partial charge in [-0.3, -0.25) is 0 Å². The second-order valence-electron chi connectivity index (χ2n) is 6.99. The fourth-order valence-corrected chi connectivity index (χ4v) is 3.79. The molecule has 4 heteroatoms. The molecule has 0 bridgehead atoms. The Morgan fingerprint density at radius 3 is 2.44 bits per heavy atom. The van der Waals surface area contributed by atoms with Crippen molar-refractivity contribution in [3.8, 4) is 5.75 Å². The molecule has 0 saturated heterocycles. The molecule has 144 valence electrons. The van der Waals surface area contributed by atoms with E-state index >= 15 is 0 Å². The van der Waals surface area contributed by atoms with Crippen LogP contribution in [0.1, 0.15) is 50.5 Å². The van der Waals surface area contributed by atoms with Crippen LogP contribution in [0.5, 0.6) is 5.75 Å². The van der Waals surface area contributed by atoms with Gasteiger partial charge < -0.3 is 14.4 Å². The summed E-state index contributed by atoms with van der Waals surface area (Å²) in [4.78, 5) is 14.4. The minimum atomic E-state index is -0.623. The zero-order valence-corrected chi connectivity index (χ0v) is 16.1. The molecule has 1 aliphatic rings. The van der Waals surface area contributed by atoms with Crippen LogP contribution in [0.3, 0.4) is 0 Å². The van der Waals surface area contributed by atoms with Crippen molar-refractivity contribution in [1.82, 2.24) is 0 Å². The smallest absolute Gasteiger partial charge is 0.432 e. The summed E-state index contributed by atoms with van der Waals surface area (Å²) in [5, 5.41) is 0. The summed E-state index contributed by atoms with van der Waals surface area (Å²) in [7, 11) is 0. The van der Waals surface area contributed by atoms with Crippen molar-refractivity contribution in [2.45, 2.75) is 44.9 Å². The summed E-state index contributed by atoms with van der Waals surface area (Å²) in [6, 6.07) is 18.0. The van der Waals surface area contributed by atoms with E-state index in [0.29, 0.717) is 24.8 Å². The number of para-hydroxylation sites is 2. The Morgan fingerprint density at radius 2 is 1.70 bits per heavy atom. The number of carbonyl (C=O) groups is 1. The van der Waals surface area contributed by atoms with Crippen molar-refractivity contribution >= 4 is 11.8 Å². The molecule has 2 aromatic carbocycles. The van der Waals surface area contributed by atoms with E-state index in [1.165, 1.54) is 19.3 Å². The minimum absolute atomic E-state index is 0.299. The Bertz CT molecular complexity index is 711. The second kappa shape index (κ2) is 10.0. The maximum absolute atomic E-state index is 12.2. The van der Waals surface area contributed by atoms with Crippen molar-refractivity contribution in [3.05, 3.63) is 60.2 Å². The van der Waals surface area contributed by atoms with Gasteiger partial charge in [0.05, 0.1) is 6.54 Å². The van der Waals surface area contributed by atoms with Crippen molar-refractivity contribution in [2.24, 2.45) is 0 Å². The summed E-state index contributed by atoms with van der Waals surface area (Å²) in [6.45, 7) is 3.88. The van der Waals surface area contributed by atoms with Crippen molar-refractivity contribution in [1.29, 1.82) is 0 Å². The van der Waals surface area contributed by atoms with Gasteiger partial charge in [-0.25, -0.2) is 4.79 Å². The van der Waals surface area contributed by atoms with Crippen LogP contribution in [-0.4, -0.2) is 25.9 Å². The van der Waals surface area contributed by atoms with Crippen LogP contribution in [0.25, 0.3) is 0 Å². The summed E-state index contributed by atoms with van der Waals surface area (Å²) < 4.78 is 10.9. The molecule has 1 fully saturated rings. The lowest BCUT2D eigenvalue weighted by Gasteiger charge is -2.24. The zero-order valence-electron chi connectivity index (χ0n) is 16.1. The predicted octanol–water partition coefficient (Wildman–Crippen LogP) is 5.78. The van der Waals surface area contributed by atoms with Crippen LogP contribution >= 0.6 is 0 Å². The highest BCUT2D eigenvalue weighted by Gasteiger charge is 2.20. The molecular weight excluding hydrogens is 338 g/mol. The molecule has 3 rings (SSSR count). The summed E-state index contributed by atoms with van der Waals surface area (Å²) in [5.74, 6) is 1.13. The van der Waals surface area contributed by atoms with E-state index < -0.39 is 6.16 Å². The van der Waals surface area contributed by atoms with Gasteiger partial charge in [0, 0.05) is 12.2 Å². The number of likely N-dealkylation sites (N-methyl/N-ethyl adjacent to an activating group) is 1. The van der Waals surface area contributed by atoms with E-state index in [2.05, 4.69) is 30.0 Å². The molecule has 0 unspecified atom stereocenters. The number of carbonyl (C=O) groups excluding carboxylic acids is 1. The van der Waals surface area contributed by atoms with E-state index in [9.17, 15) is 4.79 Å². The fourth-order valence-electron chi connectivity index (χ4n) is 3.79. The average Bonchev–Trinajstić information content (AvgIpc) is 2.73. The highest BCUT2D eigenvalue weighted by atomic mass is 16.7. The molecule has 0 N–H and O–H groups in total. The molecule has 2 aromatic rings. The predicted molar refractivity (Wildman–Crippen MR) is 109 cm³/mol. The van der Waals surface area contributed by atoms with Crippen LogP contribution in [0.4, 0.5) is 10.5 Å². The number of hydrogen-bond donors (Lipinski definition) is 0. The molecular formula is C23H29NO3. The molecule has 27 heavy (non-hydrogen) atoms. The van der Waals surface area contributed by atoms with E-state index in [1.807, 2.05) is 36.4 Å². The van der Waals surface area contributed by atoms with Gasteiger partial charge in [-0.2, -0.15) is 0 Å². The molecule has 0 amide bonds. The Morgan fingerprint density at radius 1 is 1.00 bits per heavy atom.